The molecule has 9 heteroatoms. The summed E-state index contributed by atoms with van der Waals surface area (Å²) in [4.78, 5) is 36.9. The van der Waals surface area contributed by atoms with E-state index in [1.54, 1.807) is 18.2 Å². The lowest BCUT2D eigenvalue weighted by Crippen LogP contribution is -2.40. The Kier molecular flexibility index (Phi) is 6.69. The van der Waals surface area contributed by atoms with Gasteiger partial charge in [-0.1, -0.05) is 12.1 Å². The standard InChI is InChI=1S/C27H27FN2O6/c1-12(31)22-15(7-16-10-21(33)24(27(30)36)26(35)23(16)25(22)34)6-14-9-20(32)17(11-29)8-19(14)13-2-4-18(28)5-3-13/h2-5,8-9,15-16,23,32,34-35H,6-7,10-11,29H2,1H3,(H2,30,36)/t15-,16-,23?/m0/s1. The summed E-state index contributed by atoms with van der Waals surface area (Å²) >= 11 is 0. The van der Waals surface area contributed by atoms with E-state index in [9.17, 15) is 34.1 Å². The van der Waals surface area contributed by atoms with Gasteiger partial charge in [0.2, 0.25) is 0 Å². The molecular weight excluding hydrogens is 467 g/mol. The maximum atomic E-state index is 13.6. The van der Waals surface area contributed by atoms with Crippen LogP contribution in [0.1, 0.15) is 30.9 Å². The summed E-state index contributed by atoms with van der Waals surface area (Å²) in [6.45, 7) is 1.36. The molecule has 0 saturated heterocycles. The molecular formula is C27H27FN2O6. The van der Waals surface area contributed by atoms with E-state index in [0.29, 0.717) is 22.3 Å². The molecule has 0 bridgehead atoms. The van der Waals surface area contributed by atoms with Gasteiger partial charge in [0.15, 0.2) is 11.6 Å². The highest BCUT2D eigenvalue weighted by Gasteiger charge is 2.47. The summed E-state index contributed by atoms with van der Waals surface area (Å²) in [5.74, 6) is -5.77. The molecule has 1 unspecified atom stereocenters. The van der Waals surface area contributed by atoms with E-state index in [1.807, 2.05) is 0 Å². The predicted molar refractivity (Wildman–Crippen MR) is 129 cm³/mol. The number of ketones is 2. The number of hydrogen-bond donors (Lipinski definition) is 5. The second-order valence-corrected chi connectivity index (χ2v) is 9.33. The summed E-state index contributed by atoms with van der Waals surface area (Å²) in [7, 11) is 0. The second-order valence-electron chi connectivity index (χ2n) is 9.33. The Bertz CT molecular complexity index is 1330. The number of allylic oxidation sites excluding steroid dienone is 1. The number of amides is 1. The van der Waals surface area contributed by atoms with Gasteiger partial charge in [-0.05, 0) is 72.6 Å². The van der Waals surface area contributed by atoms with Gasteiger partial charge in [-0.25, -0.2) is 4.39 Å². The van der Waals surface area contributed by atoms with Gasteiger partial charge in [-0.15, -0.1) is 0 Å². The average Bonchev–Trinajstić information content (AvgIpc) is 2.79. The molecule has 0 radical (unpaired) electrons. The quantitative estimate of drug-likeness (QED) is 0.385. The van der Waals surface area contributed by atoms with Gasteiger partial charge in [0.1, 0.15) is 28.7 Å². The van der Waals surface area contributed by atoms with Gasteiger partial charge in [0.25, 0.3) is 5.91 Å². The molecule has 7 N–H and O–H groups in total. The number of benzene rings is 2. The molecule has 0 aliphatic heterocycles. The van der Waals surface area contributed by atoms with Gasteiger partial charge in [0, 0.05) is 24.1 Å². The fraction of sp³-hybridized carbons (Fsp3) is 0.296. The van der Waals surface area contributed by atoms with Crippen LogP contribution in [0.2, 0.25) is 0 Å². The van der Waals surface area contributed by atoms with Crippen LogP contribution in [0.15, 0.2) is 59.1 Å². The number of phenols is 1. The van der Waals surface area contributed by atoms with Crippen molar-refractivity contribution in [1.82, 2.24) is 0 Å². The van der Waals surface area contributed by atoms with Gasteiger partial charge < -0.3 is 26.8 Å². The zero-order chi connectivity index (χ0) is 26.3. The van der Waals surface area contributed by atoms with Gasteiger partial charge in [0.05, 0.1) is 5.92 Å². The van der Waals surface area contributed by atoms with E-state index >= 15 is 0 Å². The molecule has 36 heavy (non-hydrogen) atoms. The zero-order valence-corrected chi connectivity index (χ0v) is 19.6. The summed E-state index contributed by atoms with van der Waals surface area (Å²) in [5.41, 5.74) is 13.0. The van der Waals surface area contributed by atoms with Crippen LogP contribution >= 0.6 is 0 Å². The first-order valence-corrected chi connectivity index (χ1v) is 11.5. The minimum absolute atomic E-state index is 0.0378. The molecule has 0 fully saturated rings. The topological polar surface area (TPSA) is 164 Å². The summed E-state index contributed by atoms with van der Waals surface area (Å²) < 4.78 is 13.6. The number of aliphatic hydroxyl groups excluding tert-OH is 2. The molecule has 4 rings (SSSR count). The fourth-order valence-corrected chi connectivity index (χ4v) is 5.50. The van der Waals surface area contributed by atoms with Crippen molar-refractivity contribution in [1.29, 1.82) is 0 Å². The normalized spacial score (nSPS) is 22.0. The first-order valence-electron chi connectivity index (χ1n) is 11.5. The molecule has 2 aliphatic carbocycles. The molecule has 2 aliphatic rings. The molecule has 188 valence electrons. The molecule has 2 aromatic rings. The lowest BCUT2D eigenvalue weighted by Gasteiger charge is -2.39. The Hall–Kier alpha value is -3.98. The maximum absolute atomic E-state index is 13.6. The SMILES string of the molecule is CC(=O)C1=C(O)C2C(O)=C(C(N)=O)C(=O)C[C@@H]2C[C@@H]1Cc1cc(O)c(CN)cc1-c1ccc(F)cc1. The van der Waals surface area contributed by atoms with E-state index in [2.05, 4.69) is 0 Å². The van der Waals surface area contributed by atoms with Crippen molar-refractivity contribution < 1.29 is 34.1 Å². The van der Waals surface area contributed by atoms with Crippen LogP contribution in [0, 0.1) is 23.6 Å². The number of nitrogens with two attached hydrogens (primary N) is 2. The smallest absolute Gasteiger partial charge is 0.255 e. The van der Waals surface area contributed by atoms with Gasteiger partial charge >= 0.3 is 0 Å². The van der Waals surface area contributed by atoms with Gasteiger partial charge in [-0.3, -0.25) is 14.4 Å². The van der Waals surface area contributed by atoms with Crippen molar-refractivity contribution in [2.75, 3.05) is 0 Å². The molecule has 8 nitrogen and oxygen atoms in total. The van der Waals surface area contributed by atoms with E-state index in [0.717, 1.165) is 0 Å². The molecule has 3 atom stereocenters. The third-order valence-corrected chi connectivity index (χ3v) is 7.09. The lowest BCUT2D eigenvalue weighted by molar-refractivity contribution is -0.123. The minimum atomic E-state index is -1.09. The van der Waals surface area contributed by atoms with Crippen molar-refractivity contribution >= 4 is 17.5 Å². The number of primary amides is 1. The Morgan fingerprint density at radius 1 is 1.06 bits per heavy atom. The van der Waals surface area contributed by atoms with E-state index in [-0.39, 0.29) is 37.1 Å². The molecule has 0 spiro atoms. The van der Waals surface area contributed by atoms with Crippen molar-refractivity contribution in [3.8, 4) is 16.9 Å². The minimum Gasteiger partial charge on any atom is -0.511 e. The highest BCUT2D eigenvalue weighted by atomic mass is 19.1. The van der Waals surface area contributed by atoms with Crippen LogP contribution in [-0.2, 0) is 27.3 Å². The first-order chi connectivity index (χ1) is 17.0. The number of halogens is 1. The zero-order valence-electron chi connectivity index (χ0n) is 19.6. The highest BCUT2D eigenvalue weighted by molar-refractivity contribution is 6.19. The fourth-order valence-electron chi connectivity index (χ4n) is 5.50. The van der Waals surface area contributed by atoms with Crippen LogP contribution in [0.25, 0.3) is 11.1 Å². The number of Topliss-reactive ketones (excluding diaryl/α,β-unsaturated/α-hetero) is 2. The third kappa shape index (κ3) is 4.37. The van der Waals surface area contributed by atoms with Crippen molar-refractivity contribution in [3.63, 3.8) is 0 Å². The largest absolute Gasteiger partial charge is 0.511 e. The van der Waals surface area contributed by atoms with Crippen LogP contribution in [-0.4, -0.2) is 32.8 Å². The molecule has 1 amide bonds. The van der Waals surface area contributed by atoms with Crippen LogP contribution in [0.5, 0.6) is 5.75 Å². The summed E-state index contributed by atoms with van der Waals surface area (Å²) in [6.07, 6.45) is 0.337. The second kappa shape index (κ2) is 9.58. The summed E-state index contributed by atoms with van der Waals surface area (Å²) in [5, 5.41) is 32.2. The molecule has 0 heterocycles. The lowest BCUT2D eigenvalue weighted by atomic mass is 9.65. The van der Waals surface area contributed by atoms with E-state index in [1.165, 1.54) is 25.1 Å². The predicted octanol–water partition coefficient (Wildman–Crippen LogP) is 3.12. The van der Waals surface area contributed by atoms with Gasteiger partial charge in [-0.2, -0.15) is 0 Å². The number of aromatic hydroxyl groups is 1. The number of aliphatic hydroxyl groups is 2. The van der Waals surface area contributed by atoms with Crippen LogP contribution < -0.4 is 11.5 Å². The van der Waals surface area contributed by atoms with Crippen molar-refractivity contribution in [2.45, 2.75) is 32.7 Å². The average molecular weight is 495 g/mol. The van der Waals surface area contributed by atoms with Crippen molar-refractivity contribution in [2.24, 2.45) is 29.2 Å². The third-order valence-electron chi connectivity index (χ3n) is 7.09. The first kappa shape index (κ1) is 25.1. The number of carbonyl (C=O) groups is 3. The molecule has 2 aromatic carbocycles. The number of rotatable bonds is 6. The van der Waals surface area contributed by atoms with E-state index in [4.69, 9.17) is 11.5 Å². The van der Waals surface area contributed by atoms with Crippen LogP contribution in [0.4, 0.5) is 4.39 Å². The monoisotopic (exact) mass is 494 g/mol. The Labute approximate surface area is 206 Å². The number of fused-ring (bicyclic) bond motifs is 1. The number of carbonyl (C=O) groups excluding carboxylic acids is 3. The molecule has 0 aromatic heterocycles. The van der Waals surface area contributed by atoms with Crippen LogP contribution in [0.3, 0.4) is 0 Å². The highest BCUT2D eigenvalue weighted by Crippen LogP contribution is 2.47. The van der Waals surface area contributed by atoms with Crippen molar-refractivity contribution in [3.05, 3.63) is 76.0 Å². The Balaban J connectivity index is 1.82. The summed E-state index contributed by atoms with van der Waals surface area (Å²) in [6, 6.07) is 9.05. The van der Waals surface area contributed by atoms with E-state index < -0.39 is 58.1 Å². The Morgan fingerprint density at radius 3 is 2.31 bits per heavy atom. The Morgan fingerprint density at radius 2 is 1.72 bits per heavy atom. The molecule has 0 saturated carbocycles. The maximum Gasteiger partial charge on any atom is 0.255 e. The number of hydrogen-bond acceptors (Lipinski definition) is 7. The number of phenolic OH excluding ortho intramolecular Hbond substituents is 1.